The molecule has 4 aromatic rings. The van der Waals surface area contributed by atoms with Crippen LogP contribution in [0.15, 0.2) is 48.8 Å². The summed E-state index contributed by atoms with van der Waals surface area (Å²) in [6.07, 6.45) is 9.37. The van der Waals surface area contributed by atoms with Gasteiger partial charge < -0.3 is 29.7 Å². The number of likely N-dealkylation sites (N-methyl/N-ethyl adjacent to an activating group) is 1. The van der Waals surface area contributed by atoms with E-state index in [1.807, 2.05) is 18.5 Å². The summed E-state index contributed by atoms with van der Waals surface area (Å²) < 4.78 is 2.34. The van der Waals surface area contributed by atoms with Gasteiger partial charge >= 0.3 is 0 Å². The average molecular weight is 571 g/mol. The van der Waals surface area contributed by atoms with Crippen LogP contribution in [0, 0.1) is 0 Å². The maximum atomic E-state index is 4.89. The summed E-state index contributed by atoms with van der Waals surface area (Å²) >= 11 is 1.76. The van der Waals surface area contributed by atoms with Gasteiger partial charge in [0.1, 0.15) is 17.3 Å². The van der Waals surface area contributed by atoms with Gasteiger partial charge in [0.05, 0.1) is 28.6 Å². The van der Waals surface area contributed by atoms with Crippen LogP contribution < -0.4 is 19.8 Å². The van der Waals surface area contributed by atoms with E-state index >= 15 is 0 Å². The van der Waals surface area contributed by atoms with E-state index in [0.29, 0.717) is 12.0 Å². The van der Waals surface area contributed by atoms with Crippen molar-refractivity contribution < 1.29 is 0 Å². The second kappa shape index (κ2) is 11.4. The molecule has 0 saturated carbocycles. The van der Waals surface area contributed by atoms with Gasteiger partial charge in [-0.15, -0.1) is 0 Å². The maximum absolute atomic E-state index is 4.89. The number of piperazine rings is 1. The number of pyridine rings is 1. The molecule has 0 aliphatic carbocycles. The van der Waals surface area contributed by atoms with Gasteiger partial charge in [0, 0.05) is 64.3 Å². The molecule has 10 nitrogen and oxygen atoms in total. The van der Waals surface area contributed by atoms with Crippen molar-refractivity contribution in [1.29, 1.82) is 0 Å². The Labute approximate surface area is 245 Å². The van der Waals surface area contributed by atoms with E-state index < -0.39 is 0 Å². The first kappa shape index (κ1) is 26.4. The van der Waals surface area contributed by atoms with Crippen LogP contribution >= 0.6 is 11.9 Å². The number of anilines is 6. The highest BCUT2D eigenvalue weighted by Crippen LogP contribution is 2.40. The fourth-order valence-electron chi connectivity index (χ4n) is 6.35. The summed E-state index contributed by atoms with van der Waals surface area (Å²) in [6, 6.07) is 13.3. The van der Waals surface area contributed by atoms with Gasteiger partial charge in [-0.2, -0.15) is 9.97 Å². The average Bonchev–Trinajstić information content (AvgIpc) is 3.66. The third kappa shape index (κ3) is 5.41. The van der Waals surface area contributed by atoms with Crippen LogP contribution in [0.3, 0.4) is 0 Å². The largest absolute Gasteiger partial charge is 0.357 e. The summed E-state index contributed by atoms with van der Waals surface area (Å²) in [5.41, 5.74) is 5.31. The van der Waals surface area contributed by atoms with Crippen molar-refractivity contribution in [2.45, 2.75) is 25.3 Å². The number of rotatable bonds is 7. The normalized spacial score (nSPS) is 18.7. The van der Waals surface area contributed by atoms with Crippen LogP contribution in [0.2, 0.25) is 0 Å². The van der Waals surface area contributed by atoms with E-state index in [1.165, 1.54) is 50.3 Å². The molecule has 0 spiro atoms. The lowest BCUT2D eigenvalue weighted by atomic mass is 10.0. The summed E-state index contributed by atoms with van der Waals surface area (Å²) in [4.78, 5) is 25.2. The molecule has 0 radical (unpaired) electrons. The highest BCUT2D eigenvalue weighted by Gasteiger charge is 2.27. The first-order valence-electron chi connectivity index (χ1n) is 14.6. The zero-order chi connectivity index (χ0) is 27.8. The minimum absolute atomic E-state index is 0.527. The molecule has 0 bridgehead atoms. The summed E-state index contributed by atoms with van der Waals surface area (Å²) in [6.45, 7) is 7.86. The van der Waals surface area contributed by atoms with E-state index in [2.05, 4.69) is 78.3 Å². The topological polar surface area (TPSA) is 91.5 Å². The standard InChI is InChI=1S/C30H38N10S/c1-37-16-18-38(19-17-37)23-10-13-39(14-11-23)26-7-6-22(20-32-26)33-30-35-28-24(8-12-31-28)29(36-30)34-25-5-3-4-21-9-15-40(41-2)27(21)25/h3-8,12,20,23H,9-11,13-19H2,1-2H3,(H3,31,33,34,35,36). The molecule has 41 heavy (non-hydrogen) atoms. The lowest BCUT2D eigenvalue weighted by Gasteiger charge is -2.42. The first-order chi connectivity index (χ1) is 20.1. The molecule has 11 heteroatoms. The highest BCUT2D eigenvalue weighted by atomic mass is 32.2. The zero-order valence-electron chi connectivity index (χ0n) is 23.8. The van der Waals surface area contributed by atoms with E-state index in [1.54, 1.807) is 11.9 Å². The first-order valence-corrected chi connectivity index (χ1v) is 15.8. The molecule has 214 valence electrons. The number of aromatic nitrogens is 4. The van der Waals surface area contributed by atoms with Gasteiger partial charge in [0.2, 0.25) is 5.95 Å². The second-order valence-corrected chi connectivity index (χ2v) is 12.0. The molecule has 2 fully saturated rings. The fourth-order valence-corrected chi connectivity index (χ4v) is 7.02. The van der Waals surface area contributed by atoms with Crippen LogP contribution in [0.5, 0.6) is 0 Å². The van der Waals surface area contributed by atoms with Crippen molar-refractivity contribution in [3.63, 3.8) is 0 Å². The molecule has 3 aliphatic heterocycles. The number of para-hydroxylation sites is 1. The van der Waals surface area contributed by atoms with E-state index in [9.17, 15) is 0 Å². The van der Waals surface area contributed by atoms with Crippen LogP contribution in [0.25, 0.3) is 11.0 Å². The minimum atomic E-state index is 0.527. The summed E-state index contributed by atoms with van der Waals surface area (Å²) in [5.74, 6) is 2.33. The highest BCUT2D eigenvalue weighted by molar-refractivity contribution is 8.00. The van der Waals surface area contributed by atoms with Gasteiger partial charge in [-0.05, 0) is 56.1 Å². The fraction of sp³-hybridized carbons (Fsp3) is 0.433. The Kier molecular flexibility index (Phi) is 7.32. The summed E-state index contributed by atoms with van der Waals surface area (Å²) in [7, 11) is 2.22. The van der Waals surface area contributed by atoms with Crippen molar-refractivity contribution in [2.75, 3.05) is 79.0 Å². The lowest BCUT2D eigenvalue weighted by Crippen LogP contribution is -2.52. The quantitative estimate of drug-likeness (QED) is 0.272. The van der Waals surface area contributed by atoms with E-state index in [4.69, 9.17) is 15.0 Å². The van der Waals surface area contributed by atoms with Crippen LogP contribution in [-0.2, 0) is 6.42 Å². The maximum Gasteiger partial charge on any atom is 0.231 e. The van der Waals surface area contributed by atoms with Gasteiger partial charge in [0.15, 0.2) is 0 Å². The number of piperidine rings is 1. The number of hydrogen-bond acceptors (Lipinski definition) is 10. The molecule has 3 aromatic heterocycles. The van der Waals surface area contributed by atoms with Gasteiger partial charge in [-0.1, -0.05) is 24.1 Å². The molecule has 2 saturated heterocycles. The number of benzene rings is 1. The molecule has 1 aromatic carbocycles. The van der Waals surface area contributed by atoms with E-state index in [-0.39, 0.29) is 0 Å². The number of H-pyrrole nitrogens is 1. The number of fused-ring (bicyclic) bond motifs is 2. The number of aromatic amines is 1. The molecular weight excluding hydrogens is 532 g/mol. The van der Waals surface area contributed by atoms with Crippen LogP contribution in [0.4, 0.5) is 34.6 Å². The Morgan fingerprint density at radius 1 is 0.927 bits per heavy atom. The lowest BCUT2D eigenvalue weighted by molar-refractivity contribution is 0.0981. The molecule has 7 rings (SSSR count). The SMILES string of the molecule is CSN1CCc2cccc(Nc3nc(Nc4ccc(N5CCC(N6CCN(C)CC6)CC5)nc4)nc4[nH]ccc34)c21. The third-order valence-electron chi connectivity index (χ3n) is 8.69. The Balaban J connectivity index is 1.04. The number of hydrogen-bond donors (Lipinski definition) is 3. The van der Waals surface area contributed by atoms with Gasteiger partial charge in [-0.25, -0.2) is 4.98 Å². The van der Waals surface area contributed by atoms with E-state index in [0.717, 1.165) is 60.1 Å². The molecule has 6 heterocycles. The van der Waals surface area contributed by atoms with Crippen LogP contribution in [-0.4, -0.2) is 94.9 Å². The summed E-state index contributed by atoms with van der Waals surface area (Å²) in [5, 5.41) is 7.94. The smallest absolute Gasteiger partial charge is 0.231 e. The van der Waals surface area contributed by atoms with Crippen molar-refractivity contribution >= 4 is 57.6 Å². The Hall–Kier alpha value is -3.54. The molecule has 0 unspecified atom stereocenters. The molecule has 3 N–H and O–H groups in total. The van der Waals surface area contributed by atoms with Crippen molar-refractivity contribution in [3.8, 4) is 0 Å². The predicted molar refractivity (Wildman–Crippen MR) is 170 cm³/mol. The van der Waals surface area contributed by atoms with Crippen molar-refractivity contribution in [1.82, 2.24) is 29.7 Å². The third-order valence-corrected chi connectivity index (χ3v) is 9.50. The Bertz CT molecular complexity index is 1490. The number of nitrogens with zero attached hydrogens (tertiary/aromatic N) is 7. The van der Waals surface area contributed by atoms with Crippen LogP contribution in [0.1, 0.15) is 18.4 Å². The monoisotopic (exact) mass is 570 g/mol. The zero-order valence-corrected chi connectivity index (χ0v) is 24.6. The Morgan fingerprint density at radius 3 is 2.56 bits per heavy atom. The van der Waals surface area contributed by atoms with Gasteiger partial charge in [-0.3, -0.25) is 4.90 Å². The predicted octanol–water partition coefficient (Wildman–Crippen LogP) is 4.70. The van der Waals surface area contributed by atoms with Crippen molar-refractivity contribution in [2.24, 2.45) is 0 Å². The van der Waals surface area contributed by atoms with Gasteiger partial charge in [0.25, 0.3) is 0 Å². The Morgan fingerprint density at radius 2 is 1.78 bits per heavy atom. The second-order valence-electron chi connectivity index (χ2n) is 11.2. The molecule has 0 amide bonds. The molecule has 0 atom stereocenters. The minimum Gasteiger partial charge on any atom is -0.357 e. The molecular formula is C30H38N10S. The van der Waals surface area contributed by atoms with Crippen molar-refractivity contribution in [3.05, 3.63) is 54.4 Å². The number of nitrogens with one attached hydrogen (secondary N) is 3. The molecule has 3 aliphatic rings.